The van der Waals surface area contributed by atoms with Crippen molar-refractivity contribution in [3.8, 4) is 6.07 Å². The van der Waals surface area contributed by atoms with Gasteiger partial charge in [0.25, 0.3) is 0 Å². The number of hydrogen-bond donors (Lipinski definition) is 4. The molecule has 2 amide bonds. The molecule has 0 aliphatic heterocycles. The van der Waals surface area contributed by atoms with Gasteiger partial charge in [0.1, 0.15) is 11.9 Å². The third kappa shape index (κ3) is 3.93. The Morgan fingerprint density at radius 2 is 2.16 bits per heavy atom. The first-order valence-electron chi connectivity index (χ1n) is 5.08. The number of carboxylic acid groups (broad SMARTS) is 1. The van der Waals surface area contributed by atoms with Gasteiger partial charge in [-0.2, -0.15) is 5.26 Å². The molecule has 7 nitrogen and oxygen atoms in total. The molecule has 1 rings (SSSR count). The molecule has 0 aromatic heterocycles. The van der Waals surface area contributed by atoms with E-state index < -0.39 is 30.5 Å². The maximum atomic E-state index is 12.9. The third-order valence-corrected chi connectivity index (χ3v) is 2.14. The summed E-state index contributed by atoms with van der Waals surface area (Å²) in [4.78, 5) is 22.0. The number of nitriles is 1. The standard InChI is InChI=1S/C11H10FN3O4/c12-7-1-2-8(6(3-7)4-13)14-11(19)15-9(5-16)10(17)18/h1-3,9,16H,5H2,(H,17,18)(H2,14,15,19)/t9-/m1/s1. The minimum absolute atomic E-state index is 0.0310. The lowest BCUT2D eigenvalue weighted by Crippen LogP contribution is -2.45. The summed E-state index contributed by atoms with van der Waals surface area (Å²) in [5.41, 5.74) is -0.0745. The predicted octanol–water partition coefficient (Wildman–Crippen LogP) is 0.264. The van der Waals surface area contributed by atoms with Crippen LogP contribution in [0.1, 0.15) is 5.56 Å². The number of nitrogens with one attached hydrogen (secondary N) is 2. The Hall–Kier alpha value is -2.66. The Morgan fingerprint density at radius 1 is 1.47 bits per heavy atom. The van der Waals surface area contributed by atoms with Gasteiger partial charge in [-0.15, -0.1) is 0 Å². The second kappa shape index (κ2) is 6.32. The van der Waals surface area contributed by atoms with Gasteiger partial charge < -0.3 is 20.8 Å². The number of urea groups is 1. The molecule has 0 saturated heterocycles. The zero-order valence-electron chi connectivity index (χ0n) is 9.55. The van der Waals surface area contributed by atoms with Gasteiger partial charge in [0.2, 0.25) is 0 Å². The van der Waals surface area contributed by atoms with Crippen LogP contribution in [0.3, 0.4) is 0 Å². The van der Waals surface area contributed by atoms with Crippen LogP contribution in [0.5, 0.6) is 0 Å². The summed E-state index contributed by atoms with van der Waals surface area (Å²) in [7, 11) is 0. The van der Waals surface area contributed by atoms with Crippen molar-refractivity contribution in [2.45, 2.75) is 6.04 Å². The molecule has 0 aliphatic carbocycles. The van der Waals surface area contributed by atoms with E-state index in [2.05, 4.69) is 5.32 Å². The van der Waals surface area contributed by atoms with Crippen molar-refractivity contribution in [2.24, 2.45) is 0 Å². The number of aliphatic carboxylic acids is 1. The van der Waals surface area contributed by atoms with E-state index >= 15 is 0 Å². The molecule has 0 fully saturated rings. The summed E-state index contributed by atoms with van der Waals surface area (Å²) in [6, 6.07) is 2.43. The van der Waals surface area contributed by atoms with E-state index in [1.54, 1.807) is 6.07 Å². The van der Waals surface area contributed by atoms with Crippen LogP contribution < -0.4 is 10.6 Å². The number of hydrogen-bond acceptors (Lipinski definition) is 4. The van der Waals surface area contributed by atoms with Crippen LogP contribution in [0, 0.1) is 17.1 Å². The highest BCUT2D eigenvalue weighted by molar-refractivity contribution is 5.93. The first-order chi connectivity index (χ1) is 8.97. The van der Waals surface area contributed by atoms with Gasteiger partial charge in [-0.25, -0.2) is 14.0 Å². The number of carbonyl (C=O) groups excluding carboxylic acids is 1. The summed E-state index contributed by atoms with van der Waals surface area (Å²) < 4.78 is 12.9. The molecule has 0 spiro atoms. The topological polar surface area (TPSA) is 122 Å². The van der Waals surface area contributed by atoms with Crippen LogP contribution in [0.4, 0.5) is 14.9 Å². The van der Waals surface area contributed by atoms with Crippen molar-refractivity contribution < 1.29 is 24.2 Å². The molecule has 100 valence electrons. The average Bonchev–Trinajstić information content (AvgIpc) is 2.37. The molecule has 0 aliphatic rings. The van der Waals surface area contributed by atoms with Crippen LogP contribution in [0.2, 0.25) is 0 Å². The maximum Gasteiger partial charge on any atom is 0.328 e. The van der Waals surface area contributed by atoms with Gasteiger partial charge in [0.05, 0.1) is 17.9 Å². The minimum Gasteiger partial charge on any atom is -0.480 e. The number of aliphatic hydroxyl groups is 1. The molecule has 0 saturated carbocycles. The number of anilines is 1. The fraction of sp³-hybridized carbons (Fsp3) is 0.182. The second-order valence-electron chi connectivity index (χ2n) is 3.47. The van der Waals surface area contributed by atoms with Crippen LogP contribution in [0.15, 0.2) is 18.2 Å². The Balaban J connectivity index is 2.78. The Morgan fingerprint density at radius 3 is 2.68 bits per heavy atom. The molecule has 1 aromatic rings. The second-order valence-corrected chi connectivity index (χ2v) is 3.47. The normalized spacial score (nSPS) is 11.2. The van der Waals surface area contributed by atoms with Crippen molar-refractivity contribution in [2.75, 3.05) is 11.9 Å². The summed E-state index contributed by atoms with van der Waals surface area (Å²) in [5.74, 6) is -2.04. The lowest BCUT2D eigenvalue weighted by molar-refractivity contribution is -0.140. The van der Waals surface area contributed by atoms with Crippen molar-refractivity contribution in [1.82, 2.24) is 5.32 Å². The van der Waals surface area contributed by atoms with Crippen molar-refractivity contribution in [3.63, 3.8) is 0 Å². The van der Waals surface area contributed by atoms with Crippen LogP contribution in [-0.4, -0.2) is 34.9 Å². The van der Waals surface area contributed by atoms with Gasteiger partial charge >= 0.3 is 12.0 Å². The molecule has 0 radical (unpaired) electrons. The summed E-state index contributed by atoms with van der Waals surface area (Å²) in [6.07, 6.45) is 0. The highest BCUT2D eigenvalue weighted by Crippen LogP contribution is 2.15. The van der Waals surface area contributed by atoms with Gasteiger partial charge in [0, 0.05) is 0 Å². The van der Waals surface area contributed by atoms with Crippen LogP contribution >= 0.6 is 0 Å². The Labute approximate surface area is 107 Å². The number of amides is 2. The number of nitrogens with zero attached hydrogens (tertiary/aromatic N) is 1. The SMILES string of the molecule is N#Cc1cc(F)ccc1NC(=O)N[C@H](CO)C(=O)O. The van der Waals surface area contributed by atoms with Gasteiger partial charge in [-0.1, -0.05) is 0 Å². The number of aliphatic hydroxyl groups excluding tert-OH is 1. The molecule has 1 aromatic carbocycles. The molecular formula is C11H10FN3O4. The van der Waals surface area contributed by atoms with E-state index in [-0.39, 0.29) is 11.3 Å². The monoisotopic (exact) mass is 267 g/mol. The maximum absolute atomic E-state index is 12.9. The fourth-order valence-electron chi connectivity index (χ4n) is 1.22. The first kappa shape index (κ1) is 14.4. The predicted molar refractivity (Wildman–Crippen MR) is 61.8 cm³/mol. The molecule has 4 N–H and O–H groups in total. The molecule has 0 bridgehead atoms. The quantitative estimate of drug-likeness (QED) is 0.623. The average molecular weight is 267 g/mol. The lowest BCUT2D eigenvalue weighted by atomic mass is 10.2. The minimum atomic E-state index is -1.47. The number of carbonyl (C=O) groups is 2. The number of halogens is 1. The van der Waals surface area contributed by atoms with Crippen molar-refractivity contribution in [1.29, 1.82) is 5.26 Å². The zero-order chi connectivity index (χ0) is 14.4. The highest BCUT2D eigenvalue weighted by atomic mass is 19.1. The molecule has 0 unspecified atom stereocenters. The van der Waals surface area contributed by atoms with E-state index in [1.165, 1.54) is 6.07 Å². The van der Waals surface area contributed by atoms with Crippen LogP contribution in [-0.2, 0) is 4.79 Å². The van der Waals surface area contributed by atoms with E-state index in [1.807, 2.05) is 5.32 Å². The molecule has 19 heavy (non-hydrogen) atoms. The van der Waals surface area contributed by atoms with Gasteiger partial charge in [-0.3, -0.25) is 0 Å². The number of carboxylic acids is 1. The smallest absolute Gasteiger partial charge is 0.328 e. The fourth-order valence-corrected chi connectivity index (χ4v) is 1.22. The van der Waals surface area contributed by atoms with E-state index in [0.29, 0.717) is 0 Å². The van der Waals surface area contributed by atoms with Crippen molar-refractivity contribution >= 4 is 17.7 Å². The number of rotatable bonds is 4. The van der Waals surface area contributed by atoms with Gasteiger partial charge in [-0.05, 0) is 18.2 Å². The molecule has 1 atom stereocenters. The molecule has 8 heteroatoms. The summed E-state index contributed by atoms with van der Waals surface area (Å²) >= 11 is 0. The third-order valence-electron chi connectivity index (χ3n) is 2.14. The largest absolute Gasteiger partial charge is 0.480 e. The summed E-state index contributed by atoms with van der Waals surface area (Å²) in [6.45, 7) is -0.780. The van der Waals surface area contributed by atoms with Crippen molar-refractivity contribution in [3.05, 3.63) is 29.6 Å². The summed E-state index contributed by atoms with van der Waals surface area (Å²) in [5, 5.41) is 30.3. The zero-order valence-corrected chi connectivity index (χ0v) is 9.55. The van der Waals surface area contributed by atoms with E-state index in [4.69, 9.17) is 15.5 Å². The Kier molecular flexibility index (Phi) is 4.79. The van der Waals surface area contributed by atoms with E-state index in [9.17, 15) is 14.0 Å². The highest BCUT2D eigenvalue weighted by Gasteiger charge is 2.19. The molecular weight excluding hydrogens is 257 g/mol. The van der Waals surface area contributed by atoms with Crippen LogP contribution in [0.25, 0.3) is 0 Å². The Bertz CT molecular complexity index is 541. The lowest BCUT2D eigenvalue weighted by Gasteiger charge is -2.13. The van der Waals surface area contributed by atoms with Gasteiger partial charge in [0.15, 0.2) is 6.04 Å². The molecule has 0 heterocycles. The van der Waals surface area contributed by atoms with E-state index in [0.717, 1.165) is 12.1 Å². The number of benzene rings is 1. The first-order valence-corrected chi connectivity index (χ1v) is 5.08.